The summed E-state index contributed by atoms with van der Waals surface area (Å²) in [6.45, 7) is 3.94. The molecule has 4 heteroatoms. The van der Waals surface area contributed by atoms with Crippen LogP contribution in [-0.4, -0.2) is 23.2 Å². The first kappa shape index (κ1) is 10.7. The van der Waals surface area contributed by atoms with E-state index in [0.717, 1.165) is 16.7 Å². The summed E-state index contributed by atoms with van der Waals surface area (Å²) in [6, 6.07) is 5.65. The molecule has 16 heavy (non-hydrogen) atoms. The summed E-state index contributed by atoms with van der Waals surface area (Å²) in [5.41, 5.74) is 0.824. The fourth-order valence-electron chi connectivity index (χ4n) is 1.46. The van der Waals surface area contributed by atoms with Crippen LogP contribution in [-0.2, 0) is 0 Å². The first-order valence-corrected chi connectivity index (χ1v) is 5.16. The van der Waals surface area contributed by atoms with Gasteiger partial charge in [0.15, 0.2) is 0 Å². The number of methoxy groups -OCH3 is 1. The van der Waals surface area contributed by atoms with Crippen molar-refractivity contribution in [2.24, 2.45) is 0 Å². The topological polar surface area (TPSA) is 44.2 Å². The zero-order chi connectivity index (χ0) is 11.5. The van der Waals surface area contributed by atoms with Crippen molar-refractivity contribution >= 4 is 10.9 Å². The second kappa shape index (κ2) is 4.35. The summed E-state index contributed by atoms with van der Waals surface area (Å²) < 4.78 is 10.8. The van der Waals surface area contributed by atoms with E-state index in [1.807, 2.05) is 32.0 Å². The molecule has 0 amide bonds. The van der Waals surface area contributed by atoms with E-state index in [1.54, 1.807) is 7.11 Å². The molecule has 2 rings (SSSR count). The minimum absolute atomic E-state index is 0.0974. The smallest absolute Gasteiger partial charge is 0.224 e. The fourth-order valence-corrected chi connectivity index (χ4v) is 1.46. The molecule has 0 aliphatic heterocycles. The molecule has 84 valence electrons. The molecule has 4 nitrogen and oxygen atoms in total. The van der Waals surface area contributed by atoms with E-state index in [0.29, 0.717) is 5.88 Å². The van der Waals surface area contributed by atoms with Crippen LogP contribution in [0.25, 0.3) is 10.9 Å². The molecule has 0 unspecified atom stereocenters. The first-order chi connectivity index (χ1) is 7.70. The molecule has 0 fully saturated rings. The lowest BCUT2D eigenvalue weighted by molar-refractivity contribution is 0.235. The van der Waals surface area contributed by atoms with E-state index < -0.39 is 0 Å². The Balaban J connectivity index is 2.51. The quantitative estimate of drug-likeness (QED) is 0.793. The van der Waals surface area contributed by atoms with Gasteiger partial charge in [0.25, 0.3) is 0 Å². The lowest BCUT2D eigenvalue weighted by Gasteiger charge is -2.10. The van der Waals surface area contributed by atoms with Crippen molar-refractivity contribution in [3.63, 3.8) is 0 Å². The van der Waals surface area contributed by atoms with Crippen LogP contribution in [0.4, 0.5) is 0 Å². The van der Waals surface area contributed by atoms with Gasteiger partial charge < -0.3 is 9.47 Å². The Morgan fingerprint density at radius 1 is 1.19 bits per heavy atom. The van der Waals surface area contributed by atoms with Crippen LogP contribution < -0.4 is 9.47 Å². The van der Waals surface area contributed by atoms with Crippen molar-refractivity contribution in [3.05, 3.63) is 24.5 Å². The largest absolute Gasteiger partial charge is 0.497 e. The molecule has 0 atom stereocenters. The molecule has 0 N–H and O–H groups in total. The van der Waals surface area contributed by atoms with Gasteiger partial charge in [-0.25, -0.2) is 9.97 Å². The van der Waals surface area contributed by atoms with Crippen molar-refractivity contribution in [1.29, 1.82) is 0 Å². The fraction of sp³-hybridized carbons (Fsp3) is 0.333. The van der Waals surface area contributed by atoms with E-state index >= 15 is 0 Å². The van der Waals surface area contributed by atoms with Gasteiger partial charge in [-0.2, -0.15) is 0 Å². The predicted molar refractivity (Wildman–Crippen MR) is 61.9 cm³/mol. The Kier molecular flexibility index (Phi) is 2.90. The second-order valence-corrected chi connectivity index (χ2v) is 3.73. The van der Waals surface area contributed by atoms with Gasteiger partial charge in [-0.05, 0) is 26.0 Å². The van der Waals surface area contributed by atoms with Crippen molar-refractivity contribution in [3.8, 4) is 11.6 Å². The molecule has 0 bridgehead atoms. The molecule has 0 aliphatic carbocycles. The Bertz CT molecular complexity index is 497. The lowest BCUT2D eigenvalue weighted by Crippen LogP contribution is -2.07. The first-order valence-electron chi connectivity index (χ1n) is 5.16. The molecular weight excluding hydrogens is 204 g/mol. The molecule has 0 aliphatic rings. The van der Waals surface area contributed by atoms with Gasteiger partial charge in [-0.1, -0.05) is 0 Å². The number of hydrogen-bond acceptors (Lipinski definition) is 4. The van der Waals surface area contributed by atoms with Gasteiger partial charge in [0.1, 0.15) is 12.1 Å². The summed E-state index contributed by atoms with van der Waals surface area (Å²) in [6.07, 6.45) is 1.60. The van der Waals surface area contributed by atoms with Crippen LogP contribution >= 0.6 is 0 Å². The number of ether oxygens (including phenoxy) is 2. The highest BCUT2D eigenvalue weighted by atomic mass is 16.5. The zero-order valence-corrected chi connectivity index (χ0v) is 9.60. The van der Waals surface area contributed by atoms with E-state index in [9.17, 15) is 0 Å². The molecule has 0 saturated heterocycles. The normalized spacial score (nSPS) is 10.8. The van der Waals surface area contributed by atoms with Crippen molar-refractivity contribution < 1.29 is 9.47 Å². The van der Waals surface area contributed by atoms with Crippen LogP contribution in [0.5, 0.6) is 11.6 Å². The Morgan fingerprint density at radius 2 is 2.00 bits per heavy atom. The van der Waals surface area contributed by atoms with Crippen LogP contribution in [0.15, 0.2) is 24.5 Å². The molecule has 0 radical (unpaired) electrons. The van der Waals surface area contributed by atoms with Crippen molar-refractivity contribution in [1.82, 2.24) is 9.97 Å². The highest BCUT2D eigenvalue weighted by molar-refractivity contribution is 5.84. The molecule has 1 aromatic carbocycles. The molecule has 0 spiro atoms. The van der Waals surface area contributed by atoms with E-state index in [-0.39, 0.29) is 6.10 Å². The molecular formula is C12H14N2O2. The van der Waals surface area contributed by atoms with Crippen molar-refractivity contribution in [2.75, 3.05) is 7.11 Å². The van der Waals surface area contributed by atoms with E-state index in [1.165, 1.54) is 6.33 Å². The van der Waals surface area contributed by atoms with Gasteiger partial charge in [-0.15, -0.1) is 0 Å². The SMILES string of the molecule is COc1ccc2c(OC(C)C)ncnc2c1. The second-order valence-electron chi connectivity index (χ2n) is 3.73. The molecule has 2 aromatic rings. The molecule has 1 heterocycles. The average molecular weight is 218 g/mol. The Labute approximate surface area is 94.2 Å². The minimum atomic E-state index is 0.0974. The third kappa shape index (κ3) is 2.05. The van der Waals surface area contributed by atoms with Crippen LogP contribution in [0.1, 0.15) is 13.8 Å². The Hall–Kier alpha value is -1.84. The summed E-state index contributed by atoms with van der Waals surface area (Å²) in [7, 11) is 1.63. The highest BCUT2D eigenvalue weighted by Gasteiger charge is 2.07. The van der Waals surface area contributed by atoms with Gasteiger partial charge in [0.05, 0.1) is 24.1 Å². The maximum absolute atomic E-state index is 5.61. The van der Waals surface area contributed by atoms with Crippen molar-refractivity contribution in [2.45, 2.75) is 20.0 Å². The Morgan fingerprint density at radius 3 is 2.69 bits per heavy atom. The summed E-state index contributed by atoms with van der Waals surface area (Å²) in [5, 5.41) is 0.900. The number of rotatable bonds is 3. The third-order valence-electron chi connectivity index (χ3n) is 2.15. The lowest BCUT2D eigenvalue weighted by atomic mass is 10.2. The monoisotopic (exact) mass is 218 g/mol. The molecule has 1 aromatic heterocycles. The van der Waals surface area contributed by atoms with Gasteiger partial charge >= 0.3 is 0 Å². The number of fused-ring (bicyclic) bond motifs is 1. The van der Waals surface area contributed by atoms with E-state index in [2.05, 4.69) is 9.97 Å². The number of aromatic nitrogens is 2. The summed E-state index contributed by atoms with van der Waals surface area (Å²) >= 11 is 0. The van der Waals surface area contributed by atoms with Crippen LogP contribution in [0, 0.1) is 0 Å². The highest BCUT2D eigenvalue weighted by Crippen LogP contribution is 2.25. The van der Waals surface area contributed by atoms with E-state index in [4.69, 9.17) is 9.47 Å². The average Bonchev–Trinajstić information content (AvgIpc) is 2.28. The number of hydrogen-bond donors (Lipinski definition) is 0. The maximum atomic E-state index is 5.61. The number of benzene rings is 1. The zero-order valence-electron chi connectivity index (χ0n) is 9.60. The van der Waals surface area contributed by atoms with Crippen LogP contribution in [0.2, 0.25) is 0 Å². The third-order valence-corrected chi connectivity index (χ3v) is 2.15. The van der Waals surface area contributed by atoms with Gasteiger partial charge in [0.2, 0.25) is 5.88 Å². The van der Waals surface area contributed by atoms with Gasteiger partial charge in [-0.3, -0.25) is 0 Å². The summed E-state index contributed by atoms with van der Waals surface area (Å²) in [4.78, 5) is 8.32. The molecule has 0 saturated carbocycles. The predicted octanol–water partition coefficient (Wildman–Crippen LogP) is 2.43. The maximum Gasteiger partial charge on any atom is 0.224 e. The summed E-state index contributed by atoms with van der Waals surface area (Å²) in [5.74, 6) is 1.39. The number of nitrogens with zero attached hydrogens (tertiary/aromatic N) is 2. The standard InChI is InChI=1S/C12H14N2O2/c1-8(2)16-12-10-5-4-9(15-3)6-11(10)13-7-14-12/h4-8H,1-3H3. The van der Waals surface area contributed by atoms with Crippen LogP contribution in [0.3, 0.4) is 0 Å². The minimum Gasteiger partial charge on any atom is -0.497 e. The van der Waals surface area contributed by atoms with Gasteiger partial charge in [0, 0.05) is 6.07 Å².